The minimum absolute atomic E-state index is 0.0639. The number of hydrogen-bond acceptors (Lipinski definition) is 2. The molecule has 0 aromatic heterocycles. The van der Waals surface area contributed by atoms with E-state index in [0.717, 1.165) is 0 Å². The predicted molar refractivity (Wildman–Crippen MR) is 53.0 cm³/mol. The minimum atomic E-state index is -0.880. The topological polar surface area (TPSA) is 69.1 Å². The predicted octanol–water partition coefficient (Wildman–Crippen LogP) is 1.17. The number of halogens is 1. The molecule has 76 valence electrons. The van der Waals surface area contributed by atoms with Crippen LogP contribution in [0.1, 0.15) is 19.4 Å². The van der Waals surface area contributed by atoms with Crippen LogP contribution in [-0.2, 0) is 10.2 Å². The van der Waals surface area contributed by atoms with Crippen LogP contribution in [0.4, 0.5) is 10.1 Å². The van der Waals surface area contributed by atoms with Gasteiger partial charge in [-0.05, 0) is 31.5 Å². The van der Waals surface area contributed by atoms with E-state index in [0.29, 0.717) is 5.56 Å². The lowest BCUT2D eigenvalue weighted by atomic mass is 9.84. The quantitative estimate of drug-likeness (QED) is 0.697. The lowest BCUT2D eigenvalue weighted by Crippen LogP contribution is -2.35. The smallest absolute Gasteiger partial charge is 0.227 e. The number of rotatable bonds is 2. The standard InChI is InChI=1S/C10H13FN2O/c1-10(2,9(13)14)6-3-4-8(12)7(11)5-6/h3-5H,12H2,1-2H3,(H2,13,14). The van der Waals surface area contributed by atoms with Crippen molar-refractivity contribution in [3.05, 3.63) is 29.6 Å². The molecule has 1 rings (SSSR count). The molecule has 0 aliphatic carbocycles. The highest BCUT2D eigenvalue weighted by molar-refractivity contribution is 5.85. The molecule has 0 radical (unpaired) electrons. The molecule has 0 unspecified atom stereocenters. The molecule has 1 amide bonds. The Morgan fingerprint density at radius 3 is 2.43 bits per heavy atom. The Balaban J connectivity index is 3.21. The van der Waals surface area contributed by atoms with Gasteiger partial charge in [0.2, 0.25) is 5.91 Å². The lowest BCUT2D eigenvalue weighted by Gasteiger charge is -2.21. The van der Waals surface area contributed by atoms with Gasteiger partial charge in [-0.2, -0.15) is 0 Å². The molecule has 1 aromatic carbocycles. The zero-order valence-corrected chi connectivity index (χ0v) is 8.17. The van der Waals surface area contributed by atoms with Crippen molar-refractivity contribution in [2.45, 2.75) is 19.3 Å². The molecule has 0 heterocycles. The first-order chi connectivity index (χ1) is 6.35. The summed E-state index contributed by atoms with van der Waals surface area (Å²) in [6.07, 6.45) is 0. The Hall–Kier alpha value is -1.58. The molecule has 4 N–H and O–H groups in total. The highest BCUT2D eigenvalue weighted by atomic mass is 19.1. The van der Waals surface area contributed by atoms with Crippen LogP contribution in [0, 0.1) is 5.82 Å². The lowest BCUT2D eigenvalue weighted by molar-refractivity contribution is -0.122. The third-order valence-corrected chi connectivity index (χ3v) is 2.34. The summed E-state index contributed by atoms with van der Waals surface area (Å²) in [4.78, 5) is 11.1. The van der Waals surface area contributed by atoms with Crippen molar-refractivity contribution in [1.82, 2.24) is 0 Å². The van der Waals surface area contributed by atoms with Crippen molar-refractivity contribution in [1.29, 1.82) is 0 Å². The SMILES string of the molecule is CC(C)(C(N)=O)c1ccc(N)c(F)c1. The summed E-state index contributed by atoms with van der Waals surface area (Å²) in [5.74, 6) is -1.03. The molecule has 0 aliphatic rings. The van der Waals surface area contributed by atoms with Gasteiger partial charge in [-0.15, -0.1) is 0 Å². The molecular weight excluding hydrogens is 183 g/mol. The Kier molecular flexibility index (Phi) is 2.47. The van der Waals surface area contributed by atoms with E-state index >= 15 is 0 Å². The first-order valence-corrected chi connectivity index (χ1v) is 4.21. The fraction of sp³-hybridized carbons (Fsp3) is 0.300. The van der Waals surface area contributed by atoms with Crippen LogP contribution >= 0.6 is 0 Å². The van der Waals surface area contributed by atoms with Gasteiger partial charge < -0.3 is 11.5 Å². The molecular formula is C10H13FN2O. The van der Waals surface area contributed by atoms with Crippen LogP contribution < -0.4 is 11.5 Å². The third-order valence-electron chi connectivity index (χ3n) is 2.34. The van der Waals surface area contributed by atoms with Crippen LogP contribution in [-0.4, -0.2) is 5.91 Å². The summed E-state index contributed by atoms with van der Waals surface area (Å²) in [7, 11) is 0. The summed E-state index contributed by atoms with van der Waals surface area (Å²) < 4.78 is 13.1. The monoisotopic (exact) mass is 196 g/mol. The number of benzene rings is 1. The highest BCUT2D eigenvalue weighted by Gasteiger charge is 2.27. The third kappa shape index (κ3) is 1.69. The van der Waals surface area contributed by atoms with Gasteiger partial charge in [0.25, 0.3) is 0 Å². The van der Waals surface area contributed by atoms with Crippen molar-refractivity contribution in [3.63, 3.8) is 0 Å². The van der Waals surface area contributed by atoms with Crippen LogP contribution in [0.2, 0.25) is 0 Å². The van der Waals surface area contributed by atoms with Crippen LogP contribution in [0.25, 0.3) is 0 Å². The fourth-order valence-corrected chi connectivity index (χ4v) is 1.06. The number of carbonyl (C=O) groups is 1. The van der Waals surface area contributed by atoms with Crippen LogP contribution in [0.15, 0.2) is 18.2 Å². The summed E-state index contributed by atoms with van der Waals surface area (Å²) in [6.45, 7) is 3.28. The fourth-order valence-electron chi connectivity index (χ4n) is 1.06. The molecule has 1 aromatic rings. The van der Waals surface area contributed by atoms with Crippen molar-refractivity contribution >= 4 is 11.6 Å². The Morgan fingerprint density at radius 1 is 1.43 bits per heavy atom. The van der Waals surface area contributed by atoms with Crippen molar-refractivity contribution in [2.24, 2.45) is 5.73 Å². The van der Waals surface area contributed by atoms with Gasteiger partial charge in [0.05, 0.1) is 11.1 Å². The van der Waals surface area contributed by atoms with Gasteiger partial charge in [0.1, 0.15) is 5.82 Å². The summed E-state index contributed by atoms with van der Waals surface area (Å²) in [5, 5.41) is 0. The van der Waals surface area contributed by atoms with E-state index in [1.54, 1.807) is 19.9 Å². The number of anilines is 1. The van der Waals surface area contributed by atoms with Gasteiger partial charge in [-0.1, -0.05) is 6.07 Å². The maximum absolute atomic E-state index is 13.1. The minimum Gasteiger partial charge on any atom is -0.396 e. The van der Waals surface area contributed by atoms with E-state index in [9.17, 15) is 9.18 Å². The van der Waals surface area contributed by atoms with Gasteiger partial charge >= 0.3 is 0 Å². The number of carbonyl (C=O) groups excluding carboxylic acids is 1. The molecule has 4 heteroatoms. The molecule has 0 saturated heterocycles. The average molecular weight is 196 g/mol. The number of nitrogens with two attached hydrogens (primary N) is 2. The largest absolute Gasteiger partial charge is 0.396 e. The van der Waals surface area contributed by atoms with Crippen LogP contribution in [0.5, 0.6) is 0 Å². The molecule has 14 heavy (non-hydrogen) atoms. The van der Waals surface area contributed by atoms with Gasteiger partial charge in [-0.3, -0.25) is 4.79 Å². The second-order valence-electron chi connectivity index (χ2n) is 3.73. The molecule has 3 nitrogen and oxygen atoms in total. The number of nitrogen functional groups attached to an aromatic ring is 1. The first kappa shape index (κ1) is 10.5. The molecule has 0 saturated carbocycles. The summed E-state index contributed by atoms with van der Waals surface area (Å²) in [6, 6.07) is 4.26. The van der Waals surface area contributed by atoms with E-state index in [-0.39, 0.29) is 5.69 Å². The van der Waals surface area contributed by atoms with Gasteiger partial charge in [0.15, 0.2) is 0 Å². The van der Waals surface area contributed by atoms with Crippen molar-refractivity contribution in [2.75, 3.05) is 5.73 Å². The second kappa shape index (κ2) is 3.29. The first-order valence-electron chi connectivity index (χ1n) is 4.21. The van der Waals surface area contributed by atoms with E-state index in [1.165, 1.54) is 12.1 Å². The zero-order valence-electron chi connectivity index (χ0n) is 8.17. The van der Waals surface area contributed by atoms with Crippen molar-refractivity contribution in [3.8, 4) is 0 Å². The molecule has 0 aliphatic heterocycles. The van der Waals surface area contributed by atoms with E-state index < -0.39 is 17.1 Å². The van der Waals surface area contributed by atoms with Gasteiger partial charge in [0, 0.05) is 0 Å². The van der Waals surface area contributed by atoms with Crippen LogP contribution in [0.3, 0.4) is 0 Å². The molecule has 0 spiro atoms. The molecule has 0 bridgehead atoms. The average Bonchev–Trinajstić information content (AvgIpc) is 2.09. The zero-order chi connectivity index (χ0) is 10.9. The number of amides is 1. The highest BCUT2D eigenvalue weighted by Crippen LogP contribution is 2.25. The maximum atomic E-state index is 13.1. The van der Waals surface area contributed by atoms with Crippen molar-refractivity contribution < 1.29 is 9.18 Å². The Labute approximate surface area is 81.9 Å². The number of primary amides is 1. The second-order valence-corrected chi connectivity index (χ2v) is 3.73. The van der Waals surface area contributed by atoms with Gasteiger partial charge in [-0.25, -0.2) is 4.39 Å². The van der Waals surface area contributed by atoms with E-state index in [4.69, 9.17) is 11.5 Å². The van der Waals surface area contributed by atoms with E-state index in [1.807, 2.05) is 0 Å². The van der Waals surface area contributed by atoms with E-state index in [2.05, 4.69) is 0 Å². The Bertz CT molecular complexity index is 374. The number of hydrogen-bond donors (Lipinski definition) is 2. The summed E-state index contributed by atoms with van der Waals surface area (Å²) >= 11 is 0. The maximum Gasteiger partial charge on any atom is 0.227 e. The summed E-state index contributed by atoms with van der Waals surface area (Å²) in [5.41, 5.74) is 10.2. The molecule has 0 fully saturated rings. The normalized spacial score (nSPS) is 11.4. The Morgan fingerprint density at radius 2 is 2.00 bits per heavy atom. The molecule has 0 atom stereocenters.